The molecular formula is C20H26N4O5. The average molecular weight is 402 g/mol. The number of hydrogen-bond acceptors (Lipinski definition) is 6. The third-order valence-electron chi connectivity index (χ3n) is 4.77. The fraction of sp³-hybridized carbons (Fsp3) is 0.450. The van der Waals surface area contributed by atoms with Crippen molar-refractivity contribution in [2.75, 3.05) is 6.54 Å². The van der Waals surface area contributed by atoms with E-state index in [2.05, 4.69) is 10.4 Å². The zero-order valence-corrected chi connectivity index (χ0v) is 17.0. The van der Waals surface area contributed by atoms with Crippen LogP contribution in [-0.4, -0.2) is 39.2 Å². The highest BCUT2D eigenvalue weighted by Crippen LogP contribution is 2.22. The number of ether oxygens (including phenoxy) is 1. The van der Waals surface area contributed by atoms with Gasteiger partial charge in [-0.3, -0.25) is 24.4 Å². The minimum absolute atomic E-state index is 0.130. The molecule has 0 saturated heterocycles. The number of aromatic nitrogens is 2. The van der Waals surface area contributed by atoms with Crippen molar-refractivity contribution in [2.24, 2.45) is 0 Å². The Morgan fingerprint density at radius 2 is 1.93 bits per heavy atom. The first-order valence-corrected chi connectivity index (χ1v) is 9.45. The van der Waals surface area contributed by atoms with Crippen LogP contribution >= 0.6 is 0 Å². The van der Waals surface area contributed by atoms with Gasteiger partial charge in [0.15, 0.2) is 6.10 Å². The van der Waals surface area contributed by atoms with Gasteiger partial charge in [0.1, 0.15) is 17.9 Å². The number of nitro groups is 1. The lowest BCUT2D eigenvalue weighted by atomic mass is 9.96. The normalized spacial score (nSPS) is 12.8. The third kappa shape index (κ3) is 5.63. The standard InChI is InChI=1S/C20H26N4O5/c1-5-16(17-9-7-6-8-10-17)11-21-20(26)15(4)29-18(25)12-23-14(3)19(24(27)28)13(2)22-23/h6-10,15-16H,5,11-12H2,1-4H3,(H,21,26)/t15-,16-/m0/s1. The maximum Gasteiger partial charge on any atom is 0.328 e. The summed E-state index contributed by atoms with van der Waals surface area (Å²) in [7, 11) is 0. The van der Waals surface area contributed by atoms with Gasteiger partial charge in [0, 0.05) is 12.5 Å². The molecule has 2 aromatic rings. The molecule has 0 spiro atoms. The van der Waals surface area contributed by atoms with Gasteiger partial charge in [-0.05, 0) is 32.8 Å². The van der Waals surface area contributed by atoms with Crippen LogP contribution in [0.3, 0.4) is 0 Å². The van der Waals surface area contributed by atoms with E-state index in [0.717, 1.165) is 12.0 Å². The summed E-state index contributed by atoms with van der Waals surface area (Å²) in [5.41, 5.74) is 1.48. The lowest BCUT2D eigenvalue weighted by molar-refractivity contribution is -0.386. The van der Waals surface area contributed by atoms with Gasteiger partial charge in [0.2, 0.25) is 0 Å². The number of nitrogens with zero attached hydrogens (tertiary/aromatic N) is 3. The molecule has 2 rings (SSSR count). The van der Waals surface area contributed by atoms with Crippen LogP contribution in [0.4, 0.5) is 5.69 Å². The Labute approximate surface area is 169 Å². The molecule has 0 aliphatic carbocycles. The summed E-state index contributed by atoms with van der Waals surface area (Å²) in [4.78, 5) is 35.0. The topological polar surface area (TPSA) is 116 Å². The Kier molecular flexibility index (Phi) is 7.46. The molecule has 9 heteroatoms. The summed E-state index contributed by atoms with van der Waals surface area (Å²) in [6.45, 7) is 6.67. The van der Waals surface area contributed by atoms with Crippen molar-refractivity contribution in [1.29, 1.82) is 0 Å². The predicted octanol–water partition coefficient (Wildman–Crippen LogP) is 2.65. The molecular weight excluding hydrogens is 376 g/mol. The molecule has 0 unspecified atom stereocenters. The number of carbonyl (C=O) groups excluding carboxylic acids is 2. The van der Waals surface area contributed by atoms with Crippen LogP contribution in [0.15, 0.2) is 30.3 Å². The molecule has 1 aromatic heterocycles. The first-order chi connectivity index (χ1) is 13.7. The predicted molar refractivity (Wildman–Crippen MR) is 106 cm³/mol. The van der Waals surface area contributed by atoms with Gasteiger partial charge in [-0.2, -0.15) is 5.10 Å². The Morgan fingerprint density at radius 3 is 2.48 bits per heavy atom. The molecule has 29 heavy (non-hydrogen) atoms. The zero-order chi connectivity index (χ0) is 21.6. The Balaban J connectivity index is 1.90. The first kappa shape index (κ1) is 22.1. The third-order valence-corrected chi connectivity index (χ3v) is 4.77. The van der Waals surface area contributed by atoms with Crippen LogP contribution in [0.1, 0.15) is 43.1 Å². The van der Waals surface area contributed by atoms with Crippen molar-refractivity contribution < 1.29 is 19.2 Å². The molecule has 1 aromatic carbocycles. The molecule has 156 valence electrons. The van der Waals surface area contributed by atoms with E-state index in [1.165, 1.54) is 25.5 Å². The minimum Gasteiger partial charge on any atom is -0.451 e. The SMILES string of the molecule is CC[C@@H](CNC(=O)[C@H](C)OC(=O)Cn1nc(C)c([N+](=O)[O-])c1C)c1ccccc1. The second kappa shape index (κ2) is 9.81. The fourth-order valence-corrected chi connectivity index (χ4v) is 3.11. The summed E-state index contributed by atoms with van der Waals surface area (Å²) in [5.74, 6) is -0.923. The molecule has 1 heterocycles. The monoisotopic (exact) mass is 402 g/mol. The zero-order valence-electron chi connectivity index (χ0n) is 17.0. The summed E-state index contributed by atoms with van der Waals surface area (Å²) in [6, 6.07) is 9.86. The molecule has 9 nitrogen and oxygen atoms in total. The summed E-state index contributed by atoms with van der Waals surface area (Å²) in [6.07, 6.45) is -0.127. The van der Waals surface area contributed by atoms with Gasteiger partial charge in [0.25, 0.3) is 5.91 Å². The number of nitrogens with one attached hydrogen (secondary N) is 1. The lowest BCUT2D eigenvalue weighted by Gasteiger charge is -2.18. The fourth-order valence-electron chi connectivity index (χ4n) is 3.11. The van der Waals surface area contributed by atoms with Crippen molar-refractivity contribution in [3.05, 3.63) is 57.4 Å². The second-order valence-corrected chi connectivity index (χ2v) is 6.83. The van der Waals surface area contributed by atoms with Crippen LogP contribution in [-0.2, 0) is 20.9 Å². The molecule has 0 aliphatic rings. The number of amides is 1. The number of aryl methyl sites for hydroxylation is 1. The largest absolute Gasteiger partial charge is 0.451 e. The first-order valence-electron chi connectivity index (χ1n) is 9.45. The van der Waals surface area contributed by atoms with E-state index in [-0.39, 0.29) is 29.5 Å². The van der Waals surface area contributed by atoms with Crippen molar-refractivity contribution in [2.45, 2.75) is 52.7 Å². The van der Waals surface area contributed by atoms with Crippen LogP contribution in [0.2, 0.25) is 0 Å². The molecule has 0 saturated carbocycles. The Bertz CT molecular complexity index is 878. The van der Waals surface area contributed by atoms with Crippen LogP contribution < -0.4 is 5.32 Å². The van der Waals surface area contributed by atoms with Crippen molar-refractivity contribution in [1.82, 2.24) is 15.1 Å². The Hall–Kier alpha value is -3.23. The molecule has 0 radical (unpaired) electrons. The van der Waals surface area contributed by atoms with E-state index in [1.807, 2.05) is 37.3 Å². The lowest BCUT2D eigenvalue weighted by Crippen LogP contribution is -2.38. The highest BCUT2D eigenvalue weighted by atomic mass is 16.6. The Morgan fingerprint density at radius 1 is 1.28 bits per heavy atom. The summed E-state index contributed by atoms with van der Waals surface area (Å²) < 4.78 is 6.38. The van der Waals surface area contributed by atoms with E-state index >= 15 is 0 Å². The number of carbonyl (C=O) groups is 2. The van der Waals surface area contributed by atoms with Gasteiger partial charge >= 0.3 is 11.7 Å². The van der Waals surface area contributed by atoms with Crippen LogP contribution in [0.25, 0.3) is 0 Å². The smallest absolute Gasteiger partial charge is 0.328 e. The van der Waals surface area contributed by atoms with Crippen molar-refractivity contribution >= 4 is 17.6 Å². The average Bonchev–Trinajstić information content (AvgIpc) is 2.95. The quantitative estimate of drug-likeness (QED) is 0.391. The van der Waals surface area contributed by atoms with Crippen molar-refractivity contribution in [3.8, 4) is 0 Å². The number of hydrogen-bond donors (Lipinski definition) is 1. The number of rotatable bonds is 9. The van der Waals surface area contributed by atoms with Crippen molar-refractivity contribution in [3.63, 3.8) is 0 Å². The van der Waals surface area contributed by atoms with Gasteiger partial charge in [-0.25, -0.2) is 0 Å². The summed E-state index contributed by atoms with van der Waals surface area (Å²) in [5, 5.41) is 17.9. The van der Waals surface area contributed by atoms with Crippen LogP contribution in [0, 0.1) is 24.0 Å². The molecule has 1 N–H and O–H groups in total. The molecule has 1 amide bonds. The van der Waals surface area contributed by atoms with E-state index in [1.54, 1.807) is 0 Å². The molecule has 0 aliphatic heterocycles. The highest BCUT2D eigenvalue weighted by molar-refractivity contribution is 5.83. The molecule has 0 fully saturated rings. The van der Waals surface area contributed by atoms with Gasteiger partial charge in [-0.1, -0.05) is 37.3 Å². The van der Waals surface area contributed by atoms with E-state index in [4.69, 9.17) is 4.74 Å². The minimum atomic E-state index is -0.984. The summed E-state index contributed by atoms with van der Waals surface area (Å²) >= 11 is 0. The number of esters is 1. The van der Waals surface area contributed by atoms with Gasteiger partial charge in [-0.15, -0.1) is 0 Å². The van der Waals surface area contributed by atoms with E-state index in [0.29, 0.717) is 6.54 Å². The molecule has 2 atom stereocenters. The number of benzene rings is 1. The van der Waals surface area contributed by atoms with Gasteiger partial charge < -0.3 is 10.1 Å². The van der Waals surface area contributed by atoms with Crippen LogP contribution in [0.5, 0.6) is 0 Å². The van der Waals surface area contributed by atoms with E-state index in [9.17, 15) is 19.7 Å². The molecule has 0 bridgehead atoms. The maximum atomic E-state index is 12.3. The van der Waals surface area contributed by atoms with Gasteiger partial charge in [0.05, 0.1) is 4.92 Å². The highest BCUT2D eigenvalue weighted by Gasteiger charge is 2.25. The van der Waals surface area contributed by atoms with E-state index < -0.39 is 22.9 Å². The second-order valence-electron chi connectivity index (χ2n) is 6.83. The maximum absolute atomic E-state index is 12.3.